The lowest BCUT2D eigenvalue weighted by atomic mass is 10.3. The topological polar surface area (TPSA) is 21.3 Å². The maximum absolute atomic E-state index is 5.55. The van der Waals surface area contributed by atoms with Crippen LogP contribution in [-0.4, -0.2) is 20.2 Å². The van der Waals surface area contributed by atoms with E-state index in [1.165, 1.54) is 0 Å². The molecule has 0 unspecified atom stereocenters. The van der Waals surface area contributed by atoms with Crippen LogP contribution in [0.1, 0.15) is 6.42 Å². The number of halogens is 2. The lowest BCUT2D eigenvalue weighted by Crippen LogP contribution is -2.11. The van der Waals surface area contributed by atoms with Gasteiger partial charge in [-0.25, -0.2) is 0 Å². The highest BCUT2D eigenvalue weighted by Crippen LogP contribution is 2.23. The zero-order valence-corrected chi connectivity index (χ0v) is 10.5. The van der Waals surface area contributed by atoms with Gasteiger partial charge in [0.25, 0.3) is 0 Å². The van der Waals surface area contributed by atoms with Gasteiger partial charge in [0.15, 0.2) is 0 Å². The Morgan fingerprint density at radius 2 is 2.07 bits per heavy atom. The van der Waals surface area contributed by atoms with Crippen molar-refractivity contribution in [2.24, 2.45) is 0 Å². The Balaban J connectivity index is 0.00000169. The average Bonchev–Trinajstić information content (AvgIpc) is 2.15. The normalized spacial score (nSPS) is 9.29. The van der Waals surface area contributed by atoms with Gasteiger partial charge in [-0.3, -0.25) is 0 Å². The van der Waals surface area contributed by atoms with E-state index in [1.54, 1.807) is 0 Å². The Kier molecular flexibility index (Phi) is 7.95. The largest absolute Gasteiger partial charge is 0.492 e. The molecular weight excluding hydrogens is 265 g/mol. The van der Waals surface area contributed by atoms with Crippen molar-refractivity contribution in [1.82, 2.24) is 5.32 Å². The first-order chi connectivity index (χ1) is 6.34. The van der Waals surface area contributed by atoms with Gasteiger partial charge < -0.3 is 10.1 Å². The van der Waals surface area contributed by atoms with Gasteiger partial charge in [0, 0.05) is 0 Å². The highest BCUT2D eigenvalue weighted by atomic mass is 79.9. The van der Waals surface area contributed by atoms with Crippen LogP contribution < -0.4 is 10.1 Å². The molecule has 0 saturated heterocycles. The molecule has 0 aliphatic carbocycles. The average molecular weight is 281 g/mol. The van der Waals surface area contributed by atoms with Crippen LogP contribution in [0.2, 0.25) is 0 Å². The van der Waals surface area contributed by atoms with Crippen molar-refractivity contribution in [2.75, 3.05) is 20.2 Å². The number of hydrogen-bond acceptors (Lipinski definition) is 2. The fourth-order valence-electron chi connectivity index (χ4n) is 0.993. The van der Waals surface area contributed by atoms with E-state index in [4.69, 9.17) is 4.74 Å². The summed E-state index contributed by atoms with van der Waals surface area (Å²) >= 11 is 3.42. The molecule has 0 saturated carbocycles. The van der Waals surface area contributed by atoms with E-state index >= 15 is 0 Å². The highest BCUT2D eigenvalue weighted by molar-refractivity contribution is 9.10. The predicted molar refractivity (Wildman–Crippen MR) is 65.4 cm³/mol. The van der Waals surface area contributed by atoms with E-state index in [9.17, 15) is 0 Å². The smallest absolute Gasteiger partial charge is 0.133 e. The van der Waals surface area contributed by atoms with Crippen molar-refractivity contribution < 1.29 is 4.74 Å². The molecule has 0 bridgehead atoms. The predicted octanol–water partition coefficient (Wildman–Crippen LogP) is 2.86. The number of ether oxygens (including phenoxy) is 1. The number of nitrogens with one attached hydrogen (secondary N) is 1. The molecule has 0 aliphatic rings. The number of hydrogen-bond donors (Lipinski definition) is 1. The number of rotatable bonds is 5. The molecular formula is C10H15BrClNO. The van der Waals surface area contributed by atoms with Gasteiger partial charge in [0.2, 0.25) is 0 Å². The summed E-state index contributed by atoms with van der Waals surface area (Å²) in [7, 11) is 1.94. The standard InChI is InChI=1S/C10H14BrNO.ClH/c1-12-7-4-8-13-10-6-3-2-5-9(10)11;/h2-3,5-6,12H,4,7-8H2,1H3;1H. The molecule has 0 radical (unpaired) electrons. The summed E-state index contributed by atoms with van der Waals surface area (Å²) in [6.45, 7) is 1.74. The van der Waals surface area contributed by atoms with Crippen LogP contribution in [0.5, 0.6) is 5.75 Å². The number of benzene rings is 1. The van der Waals surface area contributed by atoms with Crippen molar-refractivity contribution >= 4 is 28.3 Å². The monoisotopic (exact) mass is 279 g/mol. The van der Waals surface area contributed by atoms with Gasteiger partial charge in [-0.2, -0.15) is 0 Å². The van der Waals surface area contributed by atoms with Gasteiger partial charge in [0.05, 0.1) is 11.1 Å². The second kappa shape index (κ2) is 8.09. The summed E-state index contributed by atoms with van der Waals surface area (Å²) in [5, 5.41) is 3.08. The molecule has 14 heavy (non-hydrogen) atoms. The van der Waals surface area contributed by atoms with Crippen molar-refractivity contribution in [3.8, 4) is 5.75 Å². The van der Waals surface area contributed by atoms with Crippen LogP contribution in [0, 0.1) is 0 Å². The maximum Gasteiger partial charge on any atom is 0.133 e. The van der Waals surface area contributed by atoms with Gasteiger partial charge in [-0.1, -0.05) is 12.1 Å². The molecule has 1 rings (SSSR count). The van der Waals surface area contributed by atoms with E-state index in [0.29, 0.717) is 0 Å². The zero-order valence-electron chi connectivity index (χ0n) is 8.13. The third-order valence-corrected chi connectivity index (χ3v) is 2.32. The van der Waals surface area contributed by atoms with Crippen LogP contribution in [0.3, 0.4) is 0 Å². The quantitative estimate of drug-likeness (QED) is 0.838. The summed E-state index contributed by atoms with van der Waals surface area (Å²) in [4.78, 5) is 0. The summed E-state index contributed by atoms with van der Waals surface area (Å²) in [6.07, 6.45) is 1.03. The van der Waals surface area contributed by atoms with Crippen LogP contribution >= 0.6 is 28.3 Å². The number of para-hydroxylation sites is 1. The maximum atomic E-state index is 5.55. The van der Waals surface area contributed by atoms with Gasteiger partial charge >= 0.3 is 0 Å². The minimum absolute atomic E-state index is 0. The molecule has 0 heterocycles. The lowest BCUT2D eigenvalue weighted by molar-refractivity contribution is 0.308. The Morgan fingerprint density at radius 1 is 1.36 bits per heavy atom. The fourth-order valence-corrected chi connectivity index (χ4v) is 1.39. The first-order valence-corrected chi connectivity index (χ1v) is 5.16. The summed E-state index contributed by atoms with van der Waals surface area (Å²) in [5.74, 6) is 0.915. The summed E-state index contributed by atoms with van der Waals surface area (Å²) in [5.41, 5.74) is 0. The van der Waals surface area contributed by atoms with E-state index < -0.39 is 0 Å². The summed E-state index contributed by atoms with van der Waals surface area (Å²) < 4.78 is 6.57. The molecule has 0 atom stereocenters. The SMILES string of the molecule is CNCCCOc1ccccc1Br.Cl. The lowest BCUT2D eigenvalue weighted by Gasteiger charge is -2.06. The third kappa shape index (κ3) is 4.84. The molecule has 1 aromatic carbocycles. The van der Waals surface area contributed by atoms with Crippen molar-refractivity contribution in [1.29, 1.82) is 0 Å². The summed E-state index contributed by atoms with van der Waals surface area (Å²) in [6, 6.07) is 7.89. The second-order valence-electron chi connectivity index (χ2n) is 2.74. The van der Waals surface area contributed by atoms with Crippen LogP contribution in [0.25, 0.3) is 0 Å². The minimum Gasteiger partial charge on any atom is -0.492 e. The van der Waals surface area contributed by atoms with Gasteiger partial charge in [-0.05, 0) is 48.1 Å². The van der Waals surface area contributed by atoms with E-state index in [0.717, 1.165) is 29.8 Å². The van der Waals surface area contributed by atoms with Crippen LogP contribution in [-0.2, 0) is 0 Å². The second-order valence-corrected chi connectivity index (χ2v) is 3.59. The molecule has 2 nitrogen and oxygen atoms in total. The third-order valence-electron chi connectivity index (χ3n) is 1.67. The van der Waals surface area contributed by atoms with Crippen LogP contribution in [0.15, 0.2) is 28.7 Å². The van der Waals surface area contributed by atoms with Gasteiger partial charge in [-0.15, -0.1) is 12.4 Å². The van der Waals surface area contributed by atoms with E-state index in [2.05, 4.69) is 21.2 Å². The molecule has 4 heteroatoms. The minimum atomic E-state index is 0. The Bertz CT molecular complexity index is 258. The Labute approximate surface area is 99.6 Å². The Morgan fingerprint density at radius 3 is 2.71 bits per heavy atom. The first-order valence-electron chi connectivity index (χ1n) is 4.36. The first kappa shape index (κ1) is 13.8. The molecule has 1 N–H and O–H groups in total. The molecule has 0 aliphatic heterocycles. The molecule has 1 aromatic rings. The van der Waals surface area contributed by atoms with Crippen molar-refractivity contribution in [2.45, 2.75) is 6.42 Å². The molecule has 0 amide bonds. The van der Waals surface area contributed by atoms with E-state index in [1.807, 2.05) is 31.3 Å². The molecule has 0 fully saturated rings. The Hall–Kier alpha value is -0.250. The zero-order chi connectivity index (χ0) is 9.52. The van der Waals surface area contributed by atoms with Crippen molar-refractivity contribution in [3.63, 3.8) is 0 Å². The van der Waals surface area contributed by atoms with E-state index in [-0.39, 0.29) is 12.4 Å². The molecule has 0 aromatic heterocycles. The van der Waals surface area contributed by atoms with Crippen LogP contribution in [0.4, 0.5) is 0 Å². The fraction of sp³-hybridized carbons (Fsp3) is 0.400. The molecule has 0 spiro atoms. The van der Waals surface area contributed by atoms with Crippen molar-refractivity contribution in [3.05, 3.63) is 28.7 Å². The molecule has 80 valence electrons. The highest BCUT2D eigenvalue weighted by Gasteiger charge is 1.97. The van der Waals surface area contributed by atoms with Gasteiger partial charge in [0.1, 0.15) is 5.75 Å².